The van der Waals surface area contributed by atoms with Crippen molar-refractivity contribution < 1.29 is 4.79 Å². The lowest BCUT2D eigenvalue weighted by atomic mass is 9.87. The summed E-state index contributed by atoms with van der Waals surface area (Å²) in [6.45, 7) is 10.2. The van der Waals surface area contributed by atoms with Crippen LogP contribution in [-0.2, 0) is 0 Å². The Morgan fingerprint density at radius 2 is 1.50 bits per heavy atom. The zero-order valence-corrected chi connectivity index (χ0v) is 21.6. The van der Waals surface area contributed by atoms with Crippen LogP contribution in [0, 0.1) is 19.3 Å². The van der Waals surface area contributed by atoms with Gasteiger partial charge in [0.05, 0.1) is 16.4 Å². The van der Waals surface area contributed by atoms with Crippen LogP contribution < -0.4 is 0 Å². The topological polar surface area (TPSA) is 72.5 Å². The van der Waals surface area contributed by atoms with E-state index in [0.717, 1.165) is 22.4 Å². The molecule has 180 valence electrons. The molecule has 0 aliphatic carbocycles. The van der Waals surface area contributed by atoms with Crippen molar-refractivity contribution >= 4 is 34.5 Å². The van der Waals surface area contributed by atoms with Gasteiger partial charge in [-0.25, -0.2) is 9.98 Å². The highest BCUT2D eigenvalue weighted by Crippen LogP contribution is 2.31. The molecule has 1 aliphatic rings. The first kappa shape index (κ1) is 23.8. The summed E-state index contributed by atoms with van der Waals surface area (Å²) in [6, 6.07) is 20.6. The minimum Gasteiger partial charge on any atom is -0.289 e. The quantitative estimate of drug-likeness (QED) is 0.291. The molecule has 0 saturated carbocycles. The van der Waals surface area contributed by atoms with E-state index in [1.807, 2.05) is 68.4 Å². The van der Waals surface area contributed by atoms with Gasteiger partial charge in [-0.1, -0.05) is 92.5 Å². The number of aromatic nitrogens is 3. The lowest BCUT2D eigenvalue weighted by molar-refractivity contribution is 0.103. The highest BCUT2D eigenvalue weighted by molar-refractivity contribution is 6.50. The van der Waals surface area contributed by atoms with Gasteiger partial charge in [0, 0.05) is 22.1 Å². The van der Waals surface area contributed by atoms with Crippen LogP contribution in [0.15, 0.2) is 76.8 Å². The highest BCUT2D eigenvalue weighted by atomic mass is 35.5. The first-order valence-electron chi connectivity index (χ1n) is 11.7. The fourth-order valence-electron chi connectivity index (χ4n) is 3.97. The largest absolute Gasteiger partial charge is 0.289 e. The Kier molecular flexibility index (Phi) is 5.92. The molecule has 4 aromatic rings. The first-order chi connectivity index (χ1) is 17.1. The zero-order chi connectivity index (χ0) is 25.6. The van der Waals surface area contributed by atoms with Crippen molar-refractivity contribution in [3.63, 3.8) is 0 Å². The molecule has 0 unspecified atom stereocenters. The van der Waals surface area contributed by atoms with E-state index in [1.165, 1.54) is 4.79 Å². The predicted molar refractivity (Wildman–Crippen MR) is 145 cm³/mol. The van der Waals surface area contributed by atoms with Crippen LogP contribution in [0.4, 0.5) is 5.69 Å². The van der Waals surface area contributed by atoms with Crippen molar-refractivity contribution in [2.24, 2.45) is 15.5 Å². The van der Waals surface area contributed by atoms with E-state index in [-0.39, 0.29) is 11.2 Å². The summed E-state index contributed by atoms with van der Waals surface area (Å²) in [7, 11) is 0. The number of hydrogen-bond acceptors (Lipinski definition) is 5. The molecule has 7 heteroatoms. The fraction of sp³-hybridized carbons (Fsp3) is 0.207. The van der Waals surface area contributed by atoms with Crippen LogP contribution >= 0.6 is 11.6 Å². The Labute approximate surface area is 215 Å². The lowest BCUT2D eigenvalue weighted by Gasteiger charge is -2.18. The van der Waals surface area contributed by atoms with E-state index in [1.54, 1.807) is 12.1 Å². The van der Waals surface area contributed by atoms with E-state index in [0.29, 0.717) is 39.2 Å². The number of rotatable bonds is 4. The number of aliphatic imine (C=N–C) groups is 1. The highest BCUT2D eigenvalue weighted by Gasteiger charge is 2.35. The van der Waals surface area contributed by atoms with Crippen LogP contribution in [0.3, 0.4) is 0 Å². The van der Waals surface area contributed by atoms with Crippen molar-refractivity contribution in [3.8, 4) is 11.4 Å². The molecular weight excluding hydrogens is 470 g/mol. The maximum Gasteiger partial charge on any atom is 0.204 e. The molecule has 0 fully saturated rings. The van der Waals surface area contributed by atoms with E-state index >= 15 is 0 Å². The molecule has 2 heterocycles. The molecule has 0 saturated heterocycles. The summed E-state index contributed by atoms with van der Waals surface area (Å²) in [5.74, 6) is 1.05. The molecule has 1 aliphatic heterocycles. The number of ketones is 1. The smallest absolute Gasteiger partial charge is 0.204 e. The number of fused-ring (bicyclic) bond motifs is 1. The standard InChI is InChI=1S/C29H26ClN5O/c1-17-6-9-19(10-7-17)25(36)20-11-13-21(14-12-20)27-32-28-24(26(29(3,4)5)33-35(28)34-27)31-23-15-8-18(2)16-22(23)30/h6-16H,1-5H3. The SMILES string of the molecule is Cc1ccc(C(=O)c2ccc(-c3nc4n(n3)N=C(C(C)(C)C)C4=Nc3ccc(C)cc3Cl)cc2)cc1. The van der Waals surface area contributed by atoms with Crippen LogP contribution in [0.2, 0.25) is 5.02 Å². The molecule has 0 N–H and O–H groups in total. The summed E-state index contributed by atoms with van der Waals surface area (Å²) in [4.78, 5) is 24.0. The van der Waals surface area contributed by atoms with Gasteiger partial charge in [0.2, 0.25) is 5.82 Å². The number of hydrogen-bond donors (Lipinski definition) is 0. The van der Waals surface area contributed by atoms with Crippen molar-refractivity contribution in [3.05, 3.63) is 99.8 Å². The van der Waals surface area contributed by atoms with Crippen molar-refractivity contribution in [2.75, 3.05) is 0 Å². The summed E-state index contributed by atoms with van der Waals surface area (Å²) in [5.41, 5.74) is 6.07. The first-order valence-corrected chi connectivity index (χ1v) is 12.1. The van der Waals surface area contributed by atoms with E-state index < -0.39 is 0 Å². The molecule has 1 aromatic heterocycles. The molecule has 0 amide bonds. The average molecular weight is 496 g/mol. The second kappa shape index (κ2) is 8.95. The minimum absolute atomic E-state index is 0.0225. The van der Waals surface area contributed by atoms with Crippen molar-refractivity contribution in [2.45, 2.75) is 34.6 Å². The zero-order valence-electron chi connectivity index (χ0n) is 20.9. The van der Waals surface area contributed by atoms with E-state index in [4.69, 9.17) is 26.7 Å². The average Bonchev–Trinajstić information content (AvgIpc) is 3.40. The Morgan fingerprint density at radius 1 is 0.889 bits per heavy atom. The van der Waals surface area contributed by atoms with Crippen LogP contribution in [0.25, 0.3) is 11.4 Å². The Hall–Kier alpha value is -3.90. The van der Waals surface area contributed by atoms with Gasteiger partial charge in [0.15, 0.2) is 11.6 Å². The summed E-state index contributed by atoms with van der Waals surface area (Å²) < 4.78 is 0. The van der Waals surface area contributed by atoms with Gasteiger partial charge in [-0.05, 0) is 31.5 Å². The van der Waals surface area contributed by atoms with Gasteiger partial charge < -0.3 is 0 Å². The third-order valence-corrected chi connectivity index (χ3v) is 6.29. The van der Waals surface area contributed by atoms with Gasteiger partial charge in [-0.15, -0.1) is 9.89 Å². The maximum absolute atomic E-state index is 12.8. The molecule has 36 heavy (non-hydrogen) atoms. The van der Waals surface area contributed by atoms with Gasteiger partial charge in [0.25, 0.3) is 0 Å². The Balaban J connectivity index is 1.50. The summed E-state index contributed by atoms with van der Waals surface area (Å²) in [5, 5.41) is 9.91. The van der Waals surface area contributed by atoms with Gasteiger partial charge in [-0.2, -0.15) is 5.10 Å². The predicted octanol–water partition coefficient (Wildman–Crippen LogP) is 6.83. The number of halogens is 1. The molecule has 6 nitrogen and oxygen atoms in total. The lowest BCUT2D eigenvalue weighted by Crippen LogP contribution is -2.27. The Morgan fingerprint density at radius 3 is 2.11 bits per heavy atom. The van der Waals surface area contributed by atoms with E-state index in [2.05, 4.69) is 25.9 Å². The second-order valence-corrected chi connectivity index (χ2v) is 10.4. The van der Waals surface area contributed by atoms with Crippen molar-refractivity contribution in [1.29, 1.82) is 0 Å². The molecule has 5 rings (SSSR count). The third-order valence-electron chi connectivity index (χ3n) is 5.99. The van der Waals surface area contributed by atoms with E-state index in [9.17, 15) is 4.79 Å². The van der Waals surface area contributed by atoms with Gasteiger partial charge in [0.1, 0.15) is 5.71 Å². The van der Waals surface area contributed by atoms with Crippen LogP contribution in [-0.4, -0.2) is 32.1 Å². The number of carbonyl (C=O) groups is 1. The molecule has 0 spiro atoms. The molecular formula is C29H26ClN5O. The molecule has 3 aromatic carbocycles. The third kappa shape index (κ3) is 4.52. The Bertz CT molecular complexity index is 1540. The van der Waals surface area contributed by atoms with Crippen LogP contribution in [0.1, 0.15) is 53.6 Å². The monoisotopic (exact) mass is 495 g/mol. The van der Waals surface area contributed by atoms with Crippen LogP contribution in [0.5, 0.6) is 0 Å². The number of carbonyl (C=O) groups excluding carboxylic acids is 1. The minimum atomic E-state index is -0.267. The maximum atomic E-state index is 12.8. The van der Waals surface area contributed by atoms with Crippen molar-refractivity contribution in [1.82, 2.24) is 14.9 Å². The van der Waals surface area contributed by atoms with Gasteiger partial charge >= 0.3 is 0 Å². The molecule has 0 bridgehead atoms. The normalized spacial score (nSPS) is 14.2. The number of benzene rings is 3. The second-order valence-electron chi connectivity index (χ2n) is 10.0. The summed E-state index contributed by atoms with van der Waals surface area (Å²) in [6.07, 6.45) is 0. The summed E-state index contributed by atoms with van der Waals surface area (Å²) >= 11 is 6.47. The molecule has 0 radical (unpaired) electrons. The molecule has 0 atom stereocenters. The number of nitrogens with zero attached hydrogens (tertiary/aromatic N) is 5. The fourth-order valence-corrected chi connectivity index (χ4v) is 4.24. The van der Waals surface area contributed by atoms with Gasteiger partial charge in [-0.3, -0.25) is 4.79 Å². The number of aryl methyl sites for hydroxylation is 2.